The zero-order valence-electron chi connectivity index (χ0n) is 66.8. The second-order valence-corrected chi connectivity index (χ2v) is 26.3. The van der Waals surface area contributed by atoms with Gasteiger partial charge in [-0.3, -0.25) is 19.2 Å². The Morgan fingerprint density at radius 1 is 0.280 bits per heavy atom. The minimum atomic E-state index is -0.626. The molecule has 16 rings (SSSR count). The molecule has 16 heterocycles. The quantitative estimate of drug-likeness (QED) is 0.0653. The van der Waals surface area contributed by atoms with Gasteiger partial charge in [0.05, 0.1) is 40.4 Å². The van der Waals surface area contributed by atoms with E-state index < -0.39 is 35.6 Å². The van der Waals surface area contributed by atoms with Crippen molar-refractivity contribution in [2.24, 2.45) is 0 Å². The van der Waals surface area contributed by atoms with Crippen LogP contribution >= 0.6 is 0 Å². The van der Waals surface area contributed by atoms with Crippen LogP contribution in [0.25, 0.3) is 104 Å². The Morgan fingerprint density at radius 3 is 0.797 bits per heavy atom. The van der Waals surface area contributed by atoms with E-state index in [4.69, 9.17) is 75.7 Å². The van der Waals surface area contributed by atoms with Crippen LogP contribution in [0.15, 0.2) is 66.3 Å². The van der Waals surface area contributed by atoms with Crippen LogP contribution in [0.4, 0.5) is 0 Å². The monoisotopic (exact) mass is 1620 g/mol. The molecule has 0 saturated carbocycles. The summed E-state index contributed by atoms with van der Waals surface area (Å²) in [6.07, 6.45) is 1.27. The number of ether oxygens (including phenoxy) is 2. The van der Waals surface area contributed by atoms with E-state index in [-0.39, 0.29) is 160 Å². The van der Waals surface area contributed by atoms with E-state index in [2.05, 4.69) is 96.0 Å². The summed E-state index contributed by atoms with van der Waals surface area (Å²) in [5, 5.41) is 10.9. The molecule has 0 aliphatic carbocycles. The molecule has 0 radical (unpaired) electrons. The molecule has 1 aliphatic rings. The van der Waals surface area contributed by atoms with Crippen molar-refractivity contribution in [3.05, 3.63) is 156 Å². The van der Waals surface area contributed by atoms with Crippen LogP contribution in [-0.2, 0) is 48.5 Å². The maximum Gasteiger partial charge on any atom is 0.360 e. The summed E-state index contributed by atoms with van der Waals surface area (Å²) < 4.78 is 94.7. The molecule has 4 amide bonds. The molecule has 15 aromatic rings. The minimum Gasteiger partial charge on any atom is -0.464 e. The van der Waals surface area contributed by atoms with Gasteiger partial charge in [-0.2, -0.15) is 0 Å². The molecule has 0 aromatic carbocycles. The van der Waals surface area contributed by atoms with Gasteiger partial charge in [0.15, 0.2) is 97.2 Å². The predicted octanol–water partition coefficient (Wildman–Crippen LogP) is 12.2. The van der Waals surface area contributed by atoms with Gasteiger partial charge in [-0.05, 0) is 104 Å². The molecule has 4 N–H and O–H groups in total. The van der Waals surface area contributed by atoms with Gasteiger partial charge in [0, 0.05) is 12.8 Å². The third-order valence-corrected chi connectivity index (χ3v) is 17.9. The number of hydrogen-bond acceptors (Lipinski definition) is 38. The second-order valence-electron chi connectivity index (χ2n) is 26.3. The number of amides is 4. The van der Waals surface area contributed by atoms with Gasteiger partial charge < -0.3 is 97.0 Å². The van der Waals surface area contributed by atoms with Crippen molar-refractivity contribution >= 4 is 35.6 Å². The van der Waals surface area contributed by atoms with Gasteiger partial charge in [-0.15, -0.1) is 0 Å². The number of nitrogens with one attached hydrogen (secondary N) is 4. The Balaban J connectivity index is 0.000000145. The number of aromatic nitrogens is 15. The SMILES string of the molecule is CCc1nc(-c2nc(-c3nc(C(=O)NCc4nc(-c5nc(C(=O)OC)c(C)o5)c(C)o4)c(C)o3)c(C)o2)c(C)o1.CCc1nc(-c2nc(-c3nc(C(=O)NCc4nc(-c5nc(C(=O)OC)c(C)o5)c(C)o4)c(C)o3)c(C)o2)c(C)o1.Cc1oc2nc1C(=O)NCc1nc(c(C)o1)-c1nc(c(C)o1)-c1nc(c(C)o1)C(=O)NCc1nc-2c(C)o1. The lowest BCUT2D eigenvalue weighted by molar-refractivity contribution is 0.0584. The highest BCUT2D eigenvalue weighted by atomic mass is 16.5. The zero-order chi connectivity index (χ0) is 84.1. The molecule has 15 aromatic heterocycles. The van der Waals surface area contributed by atoms with Crippen molar-refractivity contribution in [1.82, 2.24) is 96.0 Å². The number of fused-ring (bicyclic) bond motifs is 13. The van der Waals surface area contributed by atoms with Crippen LogP contribution < -0.4 is 21.3 Å². The largest absolute Gasteiger partial charge is 0.464 e. The minimum absolute atomic E-state index is 0.0168. The van der Waals surface area contributed by atoms with E-state index in [1.54, 1.807) is 104 Å². The Hall–Kier alpha value is -15.0. The highest BCUT2D eigenvalue weighted by Crippen LogP contribution is 2.37. The average molecular weight is 1620 g/mol. The Kier molecular flexibility index (Phi) is 21.7. The van der Waals surface area contributed by atoms with E-state index in [9.17, 15) is 28.8 Å². The molecule has 0 spiro atoms. The number of nitrogens with zero attached hydrogens (tertiary/aromatic N) is 15. The topological polar surface area (TPSA) is 559 Å². The molecule has 0 atom stereocenters. The second kappa shape index (κ2) is 32.1. The van der Waals surface area contributed by atoms with Crippen molar-refractivity contribution in [2.45, 2.75) is 157 Å². The van der Waals surface area contributed by atoms with Crippen molar-refractivity contribution in [2.75, 3.05) is 14.2 Å². The number of rotatable bonds is 16. The molecular formula is C76H73N19O23. The van der Waals surface area contributed by atoms with Gasteiger partial charge in [-0.25, -0.2) is 84.3 Å². The van der Waals surface area contributed by atoms with Crippen LogP contribution in [-0.4, -0.2) is 125 Å². The molecule has 118 heavy (non-hydrogen) atoms. The van der Waals surface area contributed by atoms with Crippen LogP contribution in [0, 0.1) is 104 Å². The molecule has 610 valence electrons. The molecule has 10 bridgehead atoms. The Morgan fingerprint density at radius 2 is 0.500 bits per heavy atom. The highest BCUT2D eigenvalue weighted by molar-refractivity contribution is 5.96. The Labute approximate surface area is 664 Å². The number of hydrogen-bond donors (Lipinski definition) is 4. The number of oxazole rings is 15. The summed E-state index contributed by atoms with van der Waals surface area (Å²) in [7, 11) is 2.51. The first-order valence-electron chi connectivity index (χ1n) is 36.2. The van der Waals surface area contributed by atoms with Crippen LogP contribution in [0.5, 0.6) is 0 Å². The third kappa shape index (κ3) is 15.8. The van der Waals surface area contributed by atoms with Gasteiger partial charge >= 0.3 is 11.9 Å². The van der Waals surface area contributed by atoms with E-state index in [0.29, 0.717) is 139 Å². The van der Waals surface area contributed by atoms with Crippen molar-refractivity contribution in [3.63, 3.8) is 0 Å². The fourth-order valence-corrected chi connectivity index (χ4v) is 12.0. The lowest BCUT2D eigenvalue weighted by atomic mass is 10.3. The lowest BCUT2D eigenvalue weighted by Gasteiger charge is -1.99. The average Bonchev–Trinajstić information content (AvgIpc) is 1.62. The van der Waals surface area contributed by atoms with Crippen LogP contribution in [0.2, 0.25) is 0 Å². The highest BCUT2D eigenvalue weighted by Gasteiger charge is 2.33. The molecule has 0 unspecified atom stereocenters. The molecule has 42 nitrogen and oxygen atoms in total. The van der Waals surface area contributed by atoms with E-state index in [1.165, 1.54) is 14.2 Å². The first-order valence-corrected chi connectivity index (χ1v) is 36.2. The van der Waals surface area contributed by atoms with Crippen molar-refractivity contribution in [1.29, 1.82) is 0 Å². The van der Waals surface area contributed by atoms with Gasteiger partial charge in [0.2, 0.25) is 76.6 Å². The zero-order valence-corrected chi connectivity index (χ0v) is 66.8. The summed E-state index contributed by atoms with van der Waals surface area (Å²) in [5.74, 6) is 5.98. The predicted molar refractivity (Wildman–Crippen MR) is 396 cm³/mol. The maximum absolute atomic E-state index is 12.9. The maximum atomic E-state index is 12.9. The molecule has 0 fully saturated rings. The van der Waals surface area contributed by atoms with E-state index in [1.807, 2.05) is 13.8 Å². The molecule has 42 heteroatoms. The van der Waals surface area contributed by atoms with Crippen LogP contribution in [0.3, 0.4) is 0 Å². The number of carbonyl (C=O) groups excluding carboxylic acids is 6. The first-order chi connectivity index (χ1) is 56.3. The summed E-state index contributed by atoms with van der Waals surface area (Å²) in [5.41, 5.74) is 3.65. The van der Waals surface area contributed by atoms with Crippen molar-refractivity contribution in [3.8, 4) is 104 Å². The number of methoxy groups -OCH3 is 2. The molecular weight excluding hydrogens is 1550 g/mol. The van der Waals surface area contributed by atoms with Gasteiger partial charge in [0.25, 0.3) is 23.6 Å². The van der Waals surface area contributed by atoms with E-state index in [0.717, 1.165) is 0 Å². The number of esters is 2. The fourth-order valence-electron chi connectivity index (χ4n) is 12.0. The summed E-state index contributed by atoms with van der Waals surface area (Å²) in [4.78, 5) is 141. The fraction of sp³-hybridized carbons (Fsp3) is 0.329. The number of carbonyl (C=O) groups is 6. The standard InChI is InChI=1S/2C26H26N6O8.C24H21N7O7/c2*1-8-15-28-18(11(3)36-15)23-31-20(13(5)39-23)25-30-17(10(2)38-25)22(33)27-9-16-29-19(12(4)37-16)24-32-21(14(6)40-24)26(34)35-7;1-8-15-20(32)25-7-14-28-18(11(4)35-14)23-31-19(12(5)38-23)24-30-16(9(2)37-24)21(33)26-6-13-27-17(10(3)34-13)22(29-15)36-8/h2*8-9H2,1-7H3,(H,27,33);6-7H2,1-5H3,(H,25,32)(H,26,33). The Bertz CT molecular complexity index is 6150. The first kappa shape index (κ1) is 79.6. The third-order valence-electron chi connectivity index (χ3n) is 17.9. The smallest absolute Gasteiger partial charge is 0.360 e. The summed E-state index contributed by atoms with van der Waals surface area (Å²) in [6.45, 7) is 28.8. The number of aryl methyl sites for hydroxylation is 17. The molecule has 0 saturated heterocycles. The lowest BCUT2D eigenvalue weighted by Crippen LogP contribution is -2.24. The molecule has 1 aliphatic heterocycles. The normalized spacial score (nSPS) is 12.1. The van der Waals surface area contributed by atoms with Gasteiger partial charge in [-0.1, -0.05) is 13.8 Å². The van der Waals surface area contributed by atoms with Gasteiger partial charge in [0.1, 0.15) is 86.4 Å². The van der Waals surface area contributed by atoms with Crippen molar-refractivity contribution < 1.29 is 104 Å². The summed E-state index contributed by atoms with van der Waals surface area (Å²) >= 11 is 0. The summed E-state index contributed by atoms with van der Waals surface area (Å²) in [6, 6.07) is 0. The van der Waals surface area contributed by atoms with E-state index >= 15 is 0 Å². The van der Waals surface area contributed by atoms with Crippen LogP contribution in [0.1, 0.15) is 199 Å².